The number of fused-ring (bicyclic) bond motifs is 1. The lowest BCUT2D eigenvalue weighted by molar-refractivity contribution is 0.415. The van der Waals surface area contributed by atoms with Crippen molar-refractivity contribution in [2.24, 2.45) is 0 Å². The Bertz CT molecular complexity index is 1080. The lowest BCUT2D eigenvalue weighted by Gasteiger charge is -2.12. The summed E-state index contributed by atoms with van der Waals surface area (Å²) >= 11 is 0. The molecule has 0 radical (unpaired) electrons. The summed E-state index contributed by atoms with van der Waals surface area (Å²) in [7, 11) is 1.63. The fourth-order valence-electron chi connectivity index (χ4n) is 2.73. The van der Waals surface area contributed by atoms with Crippen LogP contribution in [0.15, 0.2) is 72.8 Å². The van der Waals surface area contributed by atoms with E-state index in [-0.39, 0.29) is 5.82 Å². The molecule has 0 aliphatic rings. The Kier molecular flexibility index (Phi) is 4.53. The number of nitrogens with one attached hydrogen (secondary N) is 2. The summed E-state index contributed by atoms with van der Waals surface area (Å²) in [4.78, 5) is 9.10. The fraction of sp³-hybridized carbons (Fsp3) is 0.0476. The van der Waals surface area contributed by atoms with Crippen LogP contribution in [0.5, 0.6) is 5.75 Å². The second-order valence-electron chi connectivity index (χ2n) is 5.90. The number of hydrogen-bond donors (Lipinski definition) is 2. The van der Waals surface area contributed by atoms with Gasteiger partial charge < -0.3 is 15.4 Å². The summed E-state index contributed by atoms with van der Waals surface area (Å²) in [6.45, 7) is 0. The number of halogens is 1. The third kappa shape index (κ3) is 3.79. The van der Waals surface area contributed by atoms with E-state index in [0.29, 0.717) is 17.5 Å². The summed E-state index contributed by atoms with van der Waals surface area (Å²) < 4.78 is 18.6. The average molecular weight is 360 g/mol. The van der Waals surface area contributed by atoms with Crippen LogP contribution in [0.25, 0.3) is 10.9 Å². The molecule has 0 saturated carbocycles. The number of methoxy groups -OCH3 is 1. The zero-order valence-corrected chi connectivity index (χ0v) is 14.6. The Balaban J connectivity index is 1.71. The minimum Gasteiger partial charge on any atom is -0.497 e. The number of nitrogens with zero attached hydrogens (tertiary/aromatic N) is 2. The number of benzene rings is 3. The van der Waals surface area contributed by atoms with Crippen LogP contribution in [0.1, 0.15) is 0 Å². The molecule has 4 aromatic rings. The number of rotatable bonds is 5. The lowest BCUT2D eigenvalue weighted by atomic mass is 10.2. The summed E-state index contributed by atoms with van der Waals surface area (Å²) in [5.41, 5.74) is 2.24. The van der Waals surface area contributed by atoms with Crippen molar-refractivity contribution in [2.75, 3.05) is 17.7 Å². The summed E-state index contributed by atoms with van der Waals surface area (Å²) in [6.07, 6.45) is 0. The molecular formula is C21H17FN4O. The Morgan fingerprint density at radius 1 is 0.815 bits per heavy atom. The van der Waals surface area contributed by atoms with E-state index in [2.05, 4.69) is 20.6 Å². The van der Waals surface area contributed by atoms with E-state index >= 15 is 0 Å². The summed E-state index contributed by atoms with van der Waals surface area (Å²) in [5, 5.41) is 7.26. The molecule has 6 heteroatoms. The highest BCUT2D eigenvalue weighted by atomic mass is 19.1. The van der Waals surface area contributed by atoms with Gasteiger partial charge in [-0.25, -0.2) is 9.37 Å². The van der Waals surface area contributed by atoms with Crippen molar-refractivity contribution in [3.05, 3.63) is 78.6 Å². The van der Waals surface area contributed by atoms with Crippen LogP contribution in [-0.2, 0) is 0 Å². The van der Waals surface area contributed by atoms with E-state index < -0.39 is 0 Å². The maximum absolute atomic E-state index is 13.4. The van der Waals surface area contributed by atoms with Gasteiger partial charge in [0, 0.05) is 16.8 Å². The molecule has 0 atom stereocenters. The van der Waals surface area contributed by atoms with Gasteiger partial charge in [-0.2, -0.15) is 4.98 Å². The molecule has 3 aromatic carbocycles. The molecule has 1 heterocycles. The van der Waals surface area contributed by atoms with E-state index in [1.165, 1.54) is 12.1 Å². The molecule has 0 unspecified atom stereocenters. The van der Waals surface area contributed by atoms with Crippen molar-refractivity contribution in [1.29, 1.82) is 0 Å². The van der Waals surface area contributed by atoms with Crippen molar-refractivity contribution in [3.8, 4) is 5.75 Å². The minimum atomic E-state index is -0.322. The molecule has 0 fully saturated rings. The van der Waals surface area contributed by atoms with Crippen molar-refractivity contribution < 1.29 is 9.13 Å². The Hall–Kier alpha value is -3.67. The average Bonchev–Trinajstić information content (AvgIpc) is 2.69. The number of hydrogen-bond acceptors (Lipinski definition) is 5. The third-order valence-corrected chi connectivity index (χ3v) is 4.04. The smallest absolute Gasteiger partial charge is 0.229 e. The summed E-state index contributed by atoms with van der Waals surface area (Å²) in [5.74, 6) is 1.50. The van der Waals surface area contributed by atoms with Crippen LogP contribution in [0.3, 0.4) is 0 Å². The maximum atomic E-state index is 13.4. The van der Waals surface area contributed by atoms with E-state index in [1.54, 1.807) is 19.2 Å². The Morgan fingerprint density at radius 3 is 2.41 bits per heavy atom. The minimum absolute atomic E-state index is 0.322. The van der Waals surface area contributed by atoms with Gasteiger partial charge in [0.2, 0.25) is 5.95 Å². The Labute approximate surface area is 155 Å². The molecule has 0 spiro atoms. The number of ether oxygens (including phenoxy) is 1. The van der Waals surface area contributed by atoms with Crippen molar-refractivity contribution in [3.63, 3.8) is 0 Å². The van der Waals surface area contributed by atoms with Gasteiger partial charge in [-0.15, -0.1) is 0 Å². The van der Waals surface area contributed by atoms with E-state index in [9.17, 15) is 4.39 Å². The molecule has 134 valence electrons. The van der Waals surface area contributed by atoms with E-state index in [1.807, 2.05) is 48.5 Å². The summed E-state index contributed by atoms with van der Waals surface area (Å²) in [6, 6.07) is 21.5. The van der Waals surface area contributed by atoms with Gasteiger partial charge in [0.1, 0.15) is 17.4 Å². The van der Waals surface area contributed by atoms with Crippen LogP contribution in [0.2, 0.25) is 0 Å². The van der Waals surface area contributed by atoms with Gasteiger partial charge >= 0.3 is 0 Å². The van der Waals surface area contributed by atoms with E-state index in [4.69, 9.17) is 4.74 Å². The second kappa shape index (κ2) is 7.29. The van der Waals surface area contributed by atoms with Gasteiger partial charge in [0.25, 0.3) is 0 Å². The first-order valence-corrected chi connectivity index (χ1v) is 8.42. The van der Waals surface area contributed by atoms with Gasteiger partial charge in [0.05, 0.1) is 12.6 Å². The molecule has 27 heavy (non-hydrogen) atoms. The van der Waals surface area contributed by atoms with Crippen LogP contribution in [0.4, 0.5) is 27.5 Å². The molecule has 0 aliphatic carbocycles. The number of anilines is 4. The van der Waals surface area contributed by atoms with Crippen molar-refractivity contribution >= 4 is 34.0 Å². The largest absolute Gasteiger partial charge is 0.497 e. The molecule has 0 saturated heterocycles. The third-order valence-electron chi connectivity index (χ3n) is 4.04. The maximum Gasteiger partial charge on any atom is 0.229 e. The highest BCUT2D eigenvalue weighted by Crippen LogP contribution is 2.27. The molecule has 4 rings (SSSR count). The zero-order chi connectivity index (χ0) is 18.6. The fourth-order valence-corrected chi connectivity index (χ4v) is 2.73. The molecule has 5 nitrogen and oxygen atoms in total. The molecular weight excluding hydrogens is 343 g/mol. The van der Waals surface area contributed by atoms with Gasteiger partial charge in [0.15, 0.2) is 0 Å². The zero-order valence-electron chi connectivity index (χ0n) is 14.6. The van der Waals surface area contributed by atoms with Crippen LogP contribution < -0.4 is 15.4 Å². The number of aromatic nitrogens is 2. The molecule has 0 amide bonds. The Morgan fingerprint density at radius 2 is 1.63 bits per heavy atom. The monoisotopic (exact) mass is 360 g/mol. The first-order valence-electron chi connectivity index (χ1n) is 8.42. The quantitative estimate of drug-likeness (QED) is 0.508. The normalized spacial score (nSPS) is 10.6. The molecule has 1 aromatic heterocycles. The highest BCUT2D eigenvalue weighted by Gasteiger charge is 2.09. The molecule has 2 N–H and O–H groups in total. The van der Waals surface area contributed by atoms with Crippen molar-refractivity contribution in [2.45, 2.75) is 0 Å². The van der Waals surface area contributed by atoms with Gasteiger partial charge in [-0.1, -0.05) is 18.2 Å². The standard InChI is InChI=1S/C21H17FN4O/c1-27-17-11-9-15(10-12-17)23-20-18-7-2-3-8-19(18)25-21(26-20)24-16-6-4-5-14(22)13-16/h2-13H,1H3,(H2,23,24,25,26). The SMILES string of the molecule is COc1ccc(Nc2nc(Nc3cccc(F)c3)nc3ccccc23)cc1. The predicted octanol–water partition coefficient (Wildman–Crippen LogP) is 5.26. The van der Waals surface area contributed by atoms with Gasteiger partial charge in [-0.05, 0) is 54.6 Å². The molecule has 0 bridgehead atoms. The molecule has 0 aliphatic heterocycles. The lowest BCUT2D eigenvalue weighted by Crippen LogP contribution is -2.02. The van der Waals surface area contributed by atoms with Crippen LogP contribution >= 0.6 is 0 Å². The second-order valence-corrected chi connectivity index (χ2v) is 5.90. The first kappa shape index (κ1) is 16.8. The number of para-hydroxylation sites is 1. The van der Waals surface area contributed by atoms with Gasteiger partial charge in [-0.3, -0.25) is 0 Å². The van der Waals surface area contributed by atoms with Crippen molar-refractivity contribution in [1.82, 2.24) is 9.97 Å². The van der Waals surface area contributed by atoms with Crippen LogP contribution in [0, 0.1) is 5.82 Å². The topological polar surface area (TPSA) is 59.1 Å². The van der Waals surface area contributed by atoms with Crippen LogP contribution in [-0.4, -0.2) is 17.1 Å². The highest BCUT2D eigenvalue weighted by molar-refractivity contribution is 5.92. The van der Waals surface area contributed by atoms with E-state index in [0.717, 1.165) is 22.3 Å². The first-order chi connectivity index (χ1) is 13.2. The predicted molar refractivity (Wildman–Crippen MR) is 105 cm³/mol.